The van der Waals surface area contributed by atoms with Crippen LogP contribution < -0.4 is 5.32 Å². The van der Waals surface area contributed by atoms with Gasteiger partial charge in [-0.15, -0.1) is 0 Å². The molecule has 2 rings (SSSR count). The normalized spacial score (nSPS) is 17.6. The van der Waals surface area contributed by atoms with E-state index in [0.29, 0.717) is 18.8 Å². The van der Waals surface area contributed by atoms with Crippen LogP contribution in [0.15, 0.2) is 24.5 Å². The molecule has 0 spiro atoms. The molecule has 5 heteroatoms. The maximum Gasteiger partial charge on any atom is 0.313 e. The Balaban J connectivity index is 1.96. The summed E-state index contributed by atoms with van der Waals surface area (Å²) < 4.78 is 0. The first-order chi connectivity index (χ1) is 8.48. The van der Waals surface area contributed by atoms with Crippen molar-refractivity contribution < 1.29 is 9.59 Å². The van der Waals surface area contributed by atoms with E-state index in [1.54, 1.807) is 23.2 Å². The van der Waals surface area contributed by atoms with Gasteiger partial charge in [-0.2, -0.15) is 0 Å². The van der Waals surface area contributed by atoms with E-state index in [2.05, 4.69) is 24.1 Å². The Morgan fingerprint density at radius 3 is 2.78 bits per heavy atom. The Kier molecular flexibility index (Phi) is 3.32. The summed E-state index contributed by atoms with van der Waals surface area (Å²) in [5.74, 6) is -1.06. The number of carbonyl (C=O) groups is 2. The molecule has 0 radical (unpaired) electrons. The summed E-state index contributed by atoms with van der Waals surface area (Å²) in [6.07, 6.45) is 4.05. The van der Waals surface area contributed by atoms with Crippen LogP contribution in [0.25, 0.3) is 0 Å². The maximum atomic E-state index is 11.9. The third-order valence-electron chi connectivity index (χ3n) is 3.08. The van der Waals surface area contributed by atoms with Crippen molar-refractivity contribution in [1.29, 1.82) is 0 Å². The van der Waals surface area contributed by atoms with Gasteiger partial charge in [-0.05, 0) is 24.0 Å². The first-order valence-corrected chi connectivity index (χ1v) is 5.98. The molecule has 0 atom stereocenters. The van der Waals surface area contributed by atoms with Gasteiger partial charge in [0.15, 0.2) is 0 Å². The molecule has 1 fully saturated rings. The number of nitrogens with one attached hydrogen (secondary N) is 1. The fourth-order valence-corrected chi connectivity index (χ4v) is 2.05. The number of amides is 2. The molecular formula is C13H17N3O2. The van der Waals surface area contributed by atoms with E-state index >= 15 is 0 Å². The summed E-state index contributed by atoms with van der Waals surface area (Å²) in [7, 11) is 0. The monoisotopic (exact) mass is 247 g/mol. The molecule has 1 aromatic rings. The molecule has 2 heterocycles. The second kappa shape index (κ2) is 4.76. The van der Waals surface area contributed by atoms with Gasteiger partial charge in [-0.25, -0.2) is 0 Å². The number of likely N-dealkylation sites (tertiary alicyclic amines) is 1. The van der Waals surface area contributed by atoms with Gasteiger partial charge in [0.2, 0.25) is 0 Å². The average molecular weight is 247 g/mol. The topological polar surface area (TPSA) is 62.3 Å². The molecule has 5 nitrogen and oxygen atoms in total. The summed E-state index contributed by atoms with van der Waals surface area (Å²) in [6.45, 7) is 5.47. The summed E-state index contributed by atoms with van der Waals surface area (Å²) in [4.78, 5) is 29.2. The molecular weight excluding hydrogens is 230 g/mol. The number of aromatic nitrogens is 1. The lowest BCUT2D eigenvalue weighted by molar-refractivity contribution is -0.142. The minimum atomic E-state index is -0.597. The zero-order valence-corrected chi connectivity index (χ0v) is 10.6. The second-order valence-electron chi connectivity index (χ2n) is 5.34. The van der Waals surface area contributed by atoms with Crippen LogP contribution in [0, 0.1) is 5.41 Å². The van der Waals surface area contributed by atoms with Gasteiger partial charge in [0.1, 0.15) is 0 Å². The quantitative estimate of drug-likeness (QED) is 0.760. The lowest BCUT2D eigenvalue weighted by Crippen LogP contribution is -2.39. The standard InChI is InChI=1S/C13H17N3O2/c1-13(2)5-7-16(9-13)12(18)11(17)15-10-4-3-6-14-8-10/h3-4,6,8H,5,7,9H2,1-2H3,(H,15,17). The van der Waals surface area contributed by atoms with Crippen molar-refractivity contribution >= 4 is 17.5 Å². The third-order valence-corrected chi connectivity index (χ3v) is 3.08. The Hall–Kier alpha value is -1.91. The van der Waals surface area contributed by atoms with Gasteiger partial charge >= 0.3 is 11.8 Å². The van der Waals surface area contributed by atoms with Crippen LogP contribution in [0.1, 0.15) is 20.3 Å². The molecule has 1 aliphatic rings. The zero-order chi connectivity index (χ0) is 13.2. The number of hydrogen-bond donors (Lipinski definition) is 1. The summed E-state index contributed by atoms with van der Waals surface area (Å²) in [6, 6.07) is 3.41. The molecule has 1 aromatic heterocycles. The van der Waals surface area contributed by atoms with Gasteiger partial charge in [0, 0.05) is 19.3 Å². The Morgan fingerprint density at radius 1 is 1.44 bits per heavy atom. The molecule has 2 amide bonds. The van der Waals surface area contributed by atoms with Crippen LogP contribution in [-0.4, -0.2) is 34.8 Å². The van der Waals surface area contributed by atoms with Gasteiger partial charge in [-0.3, -0.25) is 14.6 Å². The van der Waals surface area contributed by atoms with Crippen LogP contribution in [0.2, 0.25) is 0 Å². The van der Waals surface area contributed by atoms with Crippen molar-refractivity contribution in [3.8, 4) is 0 Å². The highest BCUT2D eigenvalue weighted by molar-refractivity contribution is 6.39. The largest absolute Gasteiger partial charge is 0.334 e. The smallest absolute Gasteiger partial charge is 0.313 e. The SMILES string of the molecule is CC1(C)CCN(C(=O)C(=O)Nc2cccnc2)C1. The van der Waals surface area contributed by atoms with Crippen molar-refractivity contribution in [3.63, 3.8) is 0 Å². The molecule has 0 aromatic carbocycles. The maximum absolute atomic E-state index is 11.9. The zero-order valence-electron chi connectivity index (χ0n) is 10.6. The summed E-state index contributed by atoms with van der Waals surface area (Å²) in [5.41, 5.74) is 0.638. The van der Waals surface area contributed by atoms with Gasteiger partial charge in [0.25, 0.3) is 0 Å². The van der Waals surface area contributed by atoms with Gasteiger partial charge < -0.3 is 10.2 Å². The van der Waals surface area contributed by atoms with E-state index in [1.165, 1.54) is 6.20 Å². The predicted molar refractivity (Wildman–Crippen MR) is 67.8 cm³/mol. The number of carbonyl (C=O) groups excluding carboxylic acids is 2. The third kappa shape index (κ3) is 2.85. The highest BCUT2D eigenvalue weighted by Crippen LogP contribution is 2.28. The van der Waals surface area contributed by atoms with E-state index in [1.807, 2.05) is 0 Å². The fraction of sp³-hybridized carbons (Fsp3) is 0.462. The first kappa shape index (κ1) is 12.5. The molecule has 0 saturated carbocycles. The van der Waals surface area contributed by atoms with Gasteiger partial charge in [-0.1, -0.05) is 13.8 Å². The lowest BCUT2D eigenvalue weighted by atomic mass is 9.93. The van der Waals surface area contributed by atoms with Crippen molar-refractivity contribution in [2.24, 2.45) is 5.41 Å². The Morgan fingerprint density at radius 2 is 2.22 bits per heavy atom. The van der Waals surface area contributed by atoms with Crippen LogP contribution in [0.5, 0.6) is 0 Å². The predicted octanol–water partition coefficient (Wildman–Crippen LogP) is 1.28. The fourth-order valence-electron chi connectivity index (χ4n) is 2.05. The Bertz CT molecular complexity index is 457. The molecule has 1 saturated heterocycles. The number of hydrogen-bond acceptors (Lipinski definition) is 3. The van der Waals surface area contributed by atoms with Crippen LogP contribution in [-0.2, 0) is 9.59 Å². The van der Waals surface area contributed by atoms with Crippen molar-refractivity contribution in [2.45, 2.75) is 20.3 Å². The molecule has 1 N–H and O–H groups in total. The second-order valence-corrected chi connectivity index (χ2v) is 5.34. The molecule has 18 heavy (non-hydrogen) atoms. The van der Waals surface area contributed by atoms with E-state index in [9.17, 15) is 9.59 Å². The molecule has 1 aliphatic heterocycles. The van der Waals surface area contributed by atoms with Crippen molar-refractivity contribution in [2.75, 3.05) is 18.4 Å². The van der Waals surface area contributed by atoms with E-state index < -0.39 is 11.8 Å². The highest BCUT2D eigenvalue weighted by Gasteiger charge is 2.34. The van der Waals surface area contributed by atoms with E-state index in [-0.39, 0.29) is 5.41 Å². The molecule has 0 bridgehead atoms. The summed E-state index contributed by atoms with van der Waals surface area (Å²) in [5, 5.41) is 2.55. The highest BCUT2D eigenvalue weighted by atomic mass is 16.2. The minimum Gasteiger partial charge on any atom is -0.334 e. The van der Waals surface area contributed by atoms with Gasteiger partial charge in [0.05, 0.1) is 11.9 Å². The van der Waals surface area contributed by atoms with Crippen LogP contribution in [0.4, 0.5) is 5.69 Å². The van der Waals surface area contributed by atoms with E-state index in [0.717, 1.165) is 6.42 Å². The minimum absolute atomic E-state index is 0.101. The van der Waals surface area contributed by atoms with E-state index in [4.69, 9.17) is 0 Å². The molecule has 0 unspecified atom stereocenters. The van der Waals surface area contributed by atoms with Crippen LogP contribution in [0.3, 0.4) is 0 Å². The van der Waals surface area contributed by atoms with Crippen molar-refractivity contribution in [3.05, 3.63) is 24.5 Å². The Labute approximate surface area is 106 Å². The number of pyridine rings is 1. The number of rotatable bonds is 1. The summed E-state index contributed by atoms with van der Waals surface area (Å²) >= 11 is 0. The van der Waals surface area contributed by atoms with Crippen molar-refractivity contribution in [1.82, 2.24) is 9.88 Å². The number of anilines is 1. The molecule has 0 aliphatic carbocycles. The number of nitrogens with zero attached hydrogens (tertiary/aromatic N) is 2. The lowest BCUT2D eigenvalue weighted by Gasteiger charge is -2.19. The molecule has 96 valence electrons. The first-order valence-electron chi connectivity index (χ1n) is 5.98. The van der Waals surface area contributed by atoms with Crippen LogP contribution >= 0.6 is 0 Å². The average Bonchev–Trinajstić information content (AvgIpc) is 2.70.